The number of carbonyl (C=O) groups is 2. The normalized spacial score (nSPS) is 10.8. The lowest BCUT2D eigenvalue weighted by Gasteiger charge is -2.12. The summed E-state index contributed by atoms with van der Waals surface area (Å²) in [5.41, 5.74) is 4.22. The van der Waals surface area contributed by atoms with Gasteiger partial charge in [-0.2, -0.15) is 0 Å². The zero-order chi connectivity index (χ0) is 18.1. The smallest absolute Gasteiger partial charge is 0.244 e. The van der Waals surface area contributed by atoms with Crippen LogP contribution in [-0.4, -0.2) is 16.4 Å². The van der Waals surface area contributed by atoms with Crippen molar-refractivity contribution >= 4 is 28.5 Å². The number of benzene rings is 2. The van der Waals surface area contributed by atoms with Crippen LogP contribution in [0.5, 0.6) is 0 Å². The van der Waals surface area contributed by atoms with Crippen LogP contribution in [0.4, 0.5) is 5.69 Å². The number of aromatic nitrogens is 1. The highest BCUT2D eigenvalue weighted by Crippen LogP contribution is 2.25. The van der Waals surface area contributed by atoms with Crippen LogP contribution in [0.1, 0.15) is 27.2 Å². The Hall–Kier alpha value is -3.08. The van der Waals surface area contributed by atoms with Gasteiger partial charge in [0.1, 0.15) is 6.54 Å². The number of para-hydroxylation sites is 1. The second-order valence-electron chi connectivity index (χ2n) is 6.15. The minimum absolute atomic E-state index is 0.0347. The first kappa shape index (κ1) is 16.8. The first-order chi connectivity index (χ1) is 11.9. The van der Waals surface area contributed by atoms with Crippen LogP contribution in [0.25, 0.3) is 10.9 Å². The SMILES string of the molecule is Cc1cccc(NC(=O)Cn2c(C)c(C(=O)[O-])c3ccccc32)c1C. The fourth-order valence-corrected chi connectivity index (χ4v) is 3.11. The molecule has 128 valence electrons. The van der Waals surface area contributed by atoms with Gasteiger partial charge in [0.2, 0.25) is 5.91 Å². The Bertz CT molecular complexity index is 986. The minimum Gasteiger partial charge on any atom is -0.545 e. The number of anilines is 1. The molecule has 0 aliphatic carbocycles. The van der Waals surface area contributed by atoms with E-state index in [-0.39, 0.29) is 18.0 Å². The topological polar surface area (TPSA) is 74.2 Å². The van der Waals surface area contributed by atoms with Crippen molar-refractivity contribution in [3.8, 4) is 0 Å². The van der Waals surface area contributed by atoms with Gasteiger partial charge in [-0.3, -0.25) is 4.79 Å². The summed E-state index contributed by atoms with van der Waals surface area (Å²) < 4.78 is 1.71. The lowest BCUT2D eigenvalue weighted by Crippen LogP contribution is -2.24. The van der Waals surface area contributed by atoms with Gasteiger partial charge in [0.05, 0.1) is 5.97 Å². The molecule has 3 aromatic rings. The van der Waals surface area contributed by atoms with Crippen LogP contribution >= 0.6 is 0 Å². The largest absolute Gasteiger partial charge is 0.545 e. The molecule has 5 nitrogen and oxygen atoms in total. The van der Waals surface area contributed by atoms with E-state index in [1.54, 1.807) is 29.7 Å². The van der Waals surface area contributed by atoms with Crippen molar-refractivity contribution in [2.75, 3.05) is 5.32 Å². The summed E-state index contributed by atoms with van der Waals surface area (Å²) in [4.78, 5) is 24.0. The average molecular weight is 335 g/mol. The number of aryl methyl sites for hydroxylation is 1. The molecule has 0 fully saturated rings. The molecule has 25 heavy (non-hydrogen) atoms. The lowest BCUT2D eigenvalue weighted by atomic mass is 10.1. The van der Waals surface area contributed by atoms with E-state index in [0.717, 1.165) is 16.8 Å². The molecule has 2 aromatic carbocycles. The standard InChI is InChI=1S/C20H20N2O3/c1-12-7-6-9-16(13(12)2)21-18(23)11-22-14(3)19(20(24)25)15-8-4-5-10-17(15)22/h4-10H,11H2,1-3H3,(H,21,23)(H,24,25)/p-1. The highest BCUT2D eigenvalue weighted by Gasteiger charge is 2.16. The summed E-state index contributed by atoms with van der Waals surface area (Å²) in [6.07, 6.45) is 0. The number of amides is 1. The number of hydrogen-bond acceptors (Lipinski definition) is 3. The molecule has 0 radical (unpaired) electrons. The van der Waals surface area contributed by atoms with Crippen LogP contribution < -0.4 is 10.4 Å². The van der Waals surface area contributed by atoms with Crippen LogP contribution in [0, 0.1) is 20.8 Å². The summed E-state index contributed by atoms with van der Waals surface area (Å²) in [6.45, 7) is 5.67. The molecule has 0 spiro atoms. The third kappa shape index (κ3) is 3.01. The molecule has 1 aromatic heterocycles. The van der Waals surface area contributed by atoms with Crippen LogP contribution in [0.2, 0.25) is 0 Å². The monoisotopic (exact) mass is 335 g/mol. The molecular formula is C20H19N2O3-. The lowest BCUT2D eigenvalue weighted by molar-refractivity contribution is -0.254. The first-order valence-corrected chi connectivity index (χ1v) is 8.05. The van der Waals surface area contributed by atoms with Gasteiger partial charge in [-0.15, -0.1) is 0 Å². The predicted octanol–water partition coefficient (Wildman–Crippen LogP) is 2.57. The van der Waals surface area contributed by atoms with E-state index in [2.05, 4.69) is 5.32 Å². The number of hydrogen-bond donors (Lipinski definition) is 1. The third-order valence-corrected chi connectivity index (χ3v) is 4.62. The number of nitrogens with zero attached hydrogens (tertiary/aromatic N) is 1. The van der Waals surface area contributed by atoms with E-state index < -0.39 is 5.97 Å². The maximum atomic E-state index is 12.5. The van der Waals surface area contributed by atoms with Crippen LogP contribution in [0.3, 0.4) is 0 Å². The fourth-order valence-electron chi connectivity index (χ4n) is 3.11. The van der Waals surface area contributed by atoms with E-state index in [9.17, 15) is 14.7 Å². The Morgan fingerprint density at radius 3 is 2.48 bits per heavy atom. The molecule has 5 heteroatoms. The van der Waals surface area contributed by atoms with Gasteiger partial charge >= 0.3 is 0 Å². The molecule has 0 atom stereocenters. The molecule has 1 heterocycles. The summed E-state index contributed by atoms with van der Waals surface area (Å²) >= 11 is 0. The Morgan fingerprint density at radius 1 is 1.04 bits per heavy atom. The number of nitrogens with one attached hydrogen (secondary N) is 1. The van der Waals surface area contributed by atoms with E-state index in [4.69, 9.17) is 0 Å². The first-order valence-electron chi connectivity index (χ1n) is 8.05. The summed E-state index contributed by atoms with van der Waals surface area (Å²) in [5.74, 6) is -1.44. The van der Waals surface area contributed by atoms with Crippen LogP contribution in [-0.2, 0) is 11.3 Å². The number of aromatic carboxylic acids is 1. The number of carboxylic acid groups (broad SMARTS) is 1. The summed E-state index contributed by atoms with van der Waals surface area (Å²) in [5, 5.41) is 15.0. The van der Waals surface area contributed by atoms with Crippen LogP contribution in [0.15, 0.2) is 42.5 Å². The van der Waals surface area contributed by atoms with Crippen molar-refractivity contribution in [3.63, 3.8) is 0 Å². The maximum Gasteiger partial charge on any atom is 0.244 e. The van der Waals surface area contributed by atoms with Gasteiger partial charge in [-0.25, -0.2) is 0 Å². The van der Waals surface area contributed by atoms with E-state index >= 15 is 0 Å². The Morgan fingerprint density at radius 2 is 1.76 bits per heavy atom. The minimum atomic E-state index is -1.23. The van der Waals surface area contributed by atoms with Crippen molar-refractivity contribution in [3.05, 3.63) is 64.8 Å². The van der Waals surface area contributed by atoms with Crippen molar-refractivity contribution in [1.82, 2.24) is 4.57 Å². The van der Waals surface area contributed by atoms with Crippen molar-refractivity contribution in [2.24, 2.45) is 0 Å². The number of carboxylic acids is 1. The zero-order valence-corrected chi connectivity index (χ0v) is 14.4. The summed E-state index contributed by atoms with van der Waals surface area (Å²) in [7, 11) is 0. The molecule has 0 bridgehead atoms. The Balaban J connectivity index is 1.95. The van der Waals surface area contributed by atoms with Crippen molar-refractivity contribution < 1.29 is 14.7 Å². The maximum absolute atomic E-state index is 12.5. The van der Waals surface area contributed by atoms with Gasteiger partial charge < -0.3 is 19.8 Å². The highest BCUT2D eigenvalue weighted by molar-refractivity contribution is 6.05. The van der Waals surface area contributed by atoms with Gasteiger partial charge in [0.25, 0.3) is 0 Å². The predicted molar refractivity (Wildman–Crippen MR) is 95.6 cm³/mol. The summed E-state index contributed by atoms with van der Waals surface area (Å²) in [6, 6.07) is 12.9. The molecular weight excluding hydrogens is 316 g/mol. The number of fused-ring (bicyclic) bond motifs is 1. The Kier molecular flexibility index (Phi) is 4.31. The van der Waals surface area contributed by atoms with E-state index in [1.807, 2.05) is 38.1 Å². The fraction of sp³-hybridized carbons (Fsp3) is 0.200. The van der Waals surface area contributed by atoms with Gasteiger partial charge in [-0.1, -0.05) is 30.3 Å². The van der Waals surface area contributed by atoms with E-state index in [1.165, 1.54) is 0 Å². The molecule has 1 amide bonds. The highest BCUT2D eigenvalue weighted by atomic mass is 16.4. The molecule has 0 aliphatic rings. The zero-order valence-electron chi connectivity index (χ0n) is 14.4. The molecule has 3 rings (SSSR count). The van der Waals surface area contributed by atoms with E-state index in [0.29, 0.717) is 16.6 Å². The number of carbonyl (C=O) groups excluding carboxylic acids is 2. The molecule has 0 saturated carbocycles. The second-order valence-corrected chi connectivity index (χ2v) is 6.15. The number of rotatable bonds is 4. The molecule has 0 unspecified atom stereocenters. The quantitative estimate of drug-likeness (QED) is 0.796. The molecule has 1 N–H and O–H groups in total. The average Bonchev–Trinajstić information content (AvgIpc) is 2.84. The van der Waals surface area contributed by atoms with Crippen molar-refractivity contribution in [1.29, 1.82) is 0 Å². The van der Waals surface area contributed by atoms with Gasteiger partial charge in [0.15, 0.2) is 0 Å². The second kappa shape index (κ2) is 6.43. The van der Waals surface area contributed by atoms with Gasteiger partial charge in [0, 0.05) is 27.8 Å². The van der Waals surface area contributed by atoms with Gasteiger partial charge in [-0.05, 0) is 44.0 Å². The third-order valence-electron chi connectivity index (χ3n) is 4.62. The Labute approximate surface area is 145 Å². The molecule has 0 aliphatic heterocycles. The molecule has 0 saturated heterocycles. The van der Waals surface area contributed by atoms with Crippen molar-refractivity contribution in [2.45, 2.75) is 27.3 Å².